The van der Waals surface area contributed by atoms with E-state index in [1.165, 1.54) is 0 Å². The van der Waals surface area contributed by atoms with Gasteiger partial charge in [0.1, 0.15) is 6.10 Å². The van der Waals surface area contributed by atoms with Crippen molar-refractivity contribution in [3.8, 4) is 0 Å². The summed E-state index contributed by atoms with van der Waals surface area (Å²) in [6.07, 6.45) is -1.38. The van der Waals surface area contributed by atoms with Crippen molar-refractivity contribution in [2.45, 2.75) is 12.2 Å². The van der Waals surface area contributed by atoms with Crippen molar-refractivity contribution >= 4 is 15.9 Å². The minimum absolute atomic E-state index is 0.0378. The Morgan fingerprint density at radius 2 is 2.07 bits per heavy atom. The maximum absolute atomic E-state index is 12.7. The Labute approximate surface area is 87.5 Å². The van der Waals surface area contributed by atoms with Crippen LogP contribution in [0.3, 0.4) is 0 Å². The summed E-state index contributed by atoms with van der Waals surface area (Å²) in [5, 5.41) is 18.7. The first-order chi connectivity index (χ1) is 6.56. The monoisotopic (exact) mass is 267 g/mol. The van der Waals surface area contributed by atoms with Gasteiger partial charge in [-0.25, -0.2) is 9.37 Å². The van der Waals surface area contributed by atoms with E-state index in [2.05, 4.69) is 20.9 Å². The molecule has 0 amide bonds. The van der Waals surface area contributed by atoms with Gasteiger partial charge in [0.25, 0.3) is 0 Å². The van der Waals surface area contributed by atoms with E-state index in [1.807, 2.05) is 0 Å². The lowest BCUT2D eigenvalue weighted by Crippen LogP contribution is -2.20. The van der Waals surface area contributed by atoms with Crippen LogP contribution in [0.25, 0.3) is 0 Å². The van der Waals surface area contributed by atoms with Crippen LogP contribution in [0.1, 0.15) is 11.7 Å². The third-order valence-corrected chi connectivity index (χ3v) is 2.34. The molecule has 0 aromatic carbocycles. The molecule has 0 fully saturated rings. The lowest BCUT2D eigenvalue weighted by Gasteiger charge is -2.15. The Morgan fingerprint density at radius 3 is 2.57 bits per heavy atom. The Bertz CT molecular complexity index is 324. The van der Waals surface area contributed by atoms with Gasteiger partial charge in [-0.15, -0.1) is 0 Å². The fourth-order valence-electron chi connectivity index (χ4n) is 0.904. The molecule has 2 N–H and O–H groups in total. The predicted octanol–water partition coefficient (Wildman–Crippen LogP) is 1.15. The molecule has 0 spiro atoms. The first-order valence-corrected chi connectivity index (χ1v) is 4.91. The fraction of sp³-hybridized carbons (Fsp3) is 0.375. The molecule has 0 bridgehead atoms. The van der Waals surface area contributed by atoms with Gasteiger partial charge < -0.3 is 10.2 Å². The van der Waals surface area contributed by atoms with Gasteiger partial charge in [-0.1, -0.05) is 15.9 Å². The van der Waals surface area contributed by atoms with Crippen molar-refractivity contribution in [3.05, 3.63) is 29.6 Å². The van der Waals surface area contributed by atoms with Crippen LogP contribution >= 0.6 is 15.9 Å². The van der Waals surface area contributed by atoms with E-state index in [-0.39, 0.29) is 10.9 Å². The number of alkyl halides is 1. The number of halogens is 3. The average Bonchev–Trinajstić information content (AvgIpc) is 2.20. The Kier molecular flexibility index (Phi) is 3.91. The normalized spacial score (nSPS) is 15.2. The van der Waals surface area contributed by atoms with Crippen LogP contribution in [-0.4, -0.2) is 26.6 Å². The zero-order valence-electron chi connectivity index (χ0n) is 6.99. The second-order valence-electron chi connectivity index (χ2n) is 2.71. The minimum Gasteiger partial charge on any atom is -0.389 e. The van der Waals surface area contributed by atoms with Gasteiger partial charge in [0.2, 0.25) is 5.95 Å². The molecule has 1 aromatic rings. The minimum atomic E-state index is -1.28. The summed E-state index contributed by atoms with van der Waals surface area (Å²) in [6, 6.07) is 0.804. The molecular weight excluding hydrogens is 260 g/mol. The van der Waals surface area contributed by atoms with E-state index in [0.29, 0.717) is 0 Å². The number of aromatic nitrogens is 1. The van der Waals surface area contributed by atoms with E-state index in [9.17, 15) is 19.0 Å². The molecule has 3 nitrogen and oxygen atoms in total. The molecule has 1 aromatic heterocycles. The van der Waals surface area contributed by atoms with Crippen LogP contribution in [0.2, 0.25) is 0 Å². The zero-order valence-corrected chi connectivity index (χ0v) is 8.58. The number of rotatable bonds is 3. The molecule has 0 aliphatic heterocycles. The standard InChI is InChI=1S/C8H8BrF2NO2/c9-2-6(13)7(14)4-1-5(10)8(11)12-3-4/h1,3,6-7,13-14H,2H2. The maximum Gasteiger partial charge on any atom is 0.248 e. The lowest BCUT2D eigenvalue weighted by atomic mass is 10.1. The van der Waals surface area contributed by atoms with Crippen LogP contribution in [0, 0.1) is 11.8 Å². The van der Waals surface area contributed by atoms with Crippen LogP contribution in [0.5, 0.6) is 0 Å². The Morgan fingerprint density at radius 1 is 1.43 bits per heavy atom. The average molecular weight is 268 g/mol. The Hall–Kier alpha value is -0.590. The van der Waals surface area contributed by atoms with Crippen molar-refractivity contribution < 1.29 is 19.0 Å². The number of aliphatic hydroxyl groups excluding tert-OH is 2. The summed E-state index contributed by atoms with van der Waals surface area (Å²) in [5.74, 6) is -2.38. The predicted molar refractivity (Wildman–Crippen MR) is 48.9 cm³/mol. The van der Waals surface area contributed by atoms with Crippen molar-refractivity contribution in [1.29, 1.82) is 0 Å². The number of pyridine rings is 1. The van der Waals surface area contributed by atoms with E-state index < -0.39 is 24.0 Å². The first-order valence-electron chi connectivity index (χ1n) is 3.79. The van der Waals surface area contributed by atoms with E-state index in [0.717, 1.165) is 12.3 Å². The third kappa shape index (κ3) is 2.46. The highest BCUT2D eigenvalue weighted by molar-refractivity contribution is 9.09. The van der Waals surface area contributed by atoms with Crippen molar-refractivity contribution in [2.75, 3.05) is 5.33 Å². The summed E-state index contributed by atoms with van der Waals surface area (Å²) in [6.45, 7) is 0. The quantitative estimate of drug-likeness (QED) is 0.638. The number of nitrogens with zero attached hydrogens (tertiary/aromatic N) is 1. The molecule has 0 saturated carbocycles. The van der Waals surface area contributed by atoms with Crippen molar-refractivity contribution in [3.63, 3.8) is 0 Å². The molecule has 0 aliphatic rings. The smallest absolute Gasteiger partial charge is 0.248 e. The van der Waals surface area contributed by atoms with Gasteiger partial charge in [-0.2, -0.15) is 4.39 Å². The fourth-order valence-corrected chi connectivity index (χ4v) is 1.26. The SMILES string of the molecule is OC(CBr)C(O)c1cnc(F)c(F)c1. The first kappa shape index (κ1) is 11.5. The Balaban J connectivity index is 2.91. The molecular formula is C8H8BrF2NO2. The maximum atomic E-state index is 12.7. The van der Waals surface area contributed by atoms with Crippen LogP contribution in [0.4, 0.5) is 8.78 Å². The highest BCUT2D eigenvalue weighted by Gasteiger charge is 2.18. The second-order valence-corrected chi connectivity index (χ2v) is 3.36. The van der Waals surface area contributed by atoms with Crippen LogP contribution < -0.4 is 0 Å². The molecule has 0 saturated heterocycles. The molecule has 0 aliphatic carbocycles. The molecule has 2 unspecified atom stereocenters. The van der Waals surface area contributed by atoms with Crippen molar-refractivity contribution in [1.82, 2.24) is 4.98 Å². The molecule has 14 heavy (non-hydrogen) atoms. The summed E-state index contributed by atoms with van der Waals surface area (Å²) in [5.41, 5.74) is 0.0378. The molecule has 1 heterocycles. The van der Waals surface area contributed by atoms with Crippen molar-refractivity contribution in [2.24, 2.45) is 0 Å². The second kappa shape index (κ2) is 4.77. The molecule has 2 atom stereocenters. The molecule has 1 rings (SSSR count). The van der Waals surface area contributed by atoms with Gasteiger partial charge in [-0.05, 0) is 6.07 Å². The number of hydrogen-bond acceptors (Lipinski definition) is 3. The van der Waals surface area contributed by atoms with E-state index >= 15 is 0 Å². The highest BCUT2D eigenvalue weighted by Crippen LogP contribution is 2.18. The third-order valence-electron chi connectivity index (χ3n) is 1.68. The van der Waals surface area contributed by atoms with Gasteiger partial charge in [0, 0.05) is 17.1 Å². The van der Waals surface area contributed by atoms with Crippen LogP contribution in [-0.2, 0) is 0 Å². The molecule has 0 radical (unpaired) electrons. The lowest BCUT2D eigenvalue weighted by molar-refractivity contribution is 0.0337. The topological polar surface area (TPSA) is 53.4 Å². The summed E-state index contributed by atoms with van der Waals surface area (Å²) in [7, 11) is 0. The number of hydrogen-bond donors (Lipinski definition) is 2. The van der Waals surface area contributed by atoms with Crippen LogP contribution in [0.15, 0.2) is 12.3 Å². The summed E-state index contributed by atoms with van der Waals surface area (Å²) < 4.78 is 25.1. The van der Waals surface area contributed by atoms with Gasteiger partial charge in [0.15, 0.2) is 5.82 Å². The zero-order chi connectivity index (χ0) is 10.7. The molecule has 6 heteroatoms. The largest absolute Gasteiger partial charge is 0.389 e. The van der Waals surface area contributed by atoms with Gasteiger partial charge in [-0.3, -0.25) is 0 Å². The highest BCUT2D eigenvalue weighted by atomic mass is 79.9. The van der Waals surface area contributed by atoms with E-state index in [1.54, 1.807) is 0 Å². The molecule has 78 valence electrons. The summed E-state index contributed by atoms with van der Waals surface area (Å²) >= 11 is 2.95. The van der Waals surface area contributed by atoms with Gasteiger partial charge >= 0.3 is 0 Å². The summed E-state index contributed by atoms with van der Waals surface area (Å²) in [4.78, 5) is 3.09. The number of aliphatic hydroxyl groups is 2. The van der Waals surface area contributed by atoms with Gasteiger partial charge in [0.05, 0.1) is 6.10 Å². The van der Waals surface area contributed by atoms with E-state index in [4.69, 9.17) is 0 Å².